The minimum absolute atomic E-state index is 0.373. The molecule has 0 saturated heterocycles. The number of hydrogen-bond donors (Lipinski definition) is 1. The van der Waals surface area contributed by atoms with Gasteiger partial charge in [-0.2, -0.15) is 0 Å². The number of carbonyl (C=O) groups is 2. The zero-order valence-electron chi connectivity index (χ0n) is 10.6. The van der Waals surface area contributed by atoms with E-state index in [9.17, 15) is 9.59 Å². The number of carboxylic acids is 1. The summed E-state index contributed by atoms with van der Waals surface area (Å²) in [5.41, 5.74) is 3.51. The Morgan fingerprint density at radius 1 is 1.00 bits per heavy atom. The average Bonchev–Trinajstić information content (AvgIpc) is 2.38. The average molecular weight is 254 g/mol. The van der Waals surface area contributed by atoms with E-state index in [0.29, 0.717) is 5.56 Å². The van der Waals surface area contributed by atoms with Crippen LogP contribution in [0.4, 0.5) is 0 Å². The molecule has 0 amide bonds. The molecule has 2 rings (SSSR count). The summed E-state index contributed by atoms with van der Waals surface area (Å²) < 4.78 is 0. The van der Waals surface area contributed by atoms with Crippen molar-refractivity contribution >= 4 is 11.8 Å². The van der Waals surface area contributed by atoms with E-state index >= 15 is 0 Å². The highest BCUT2D eigenvalue weighted by Gasteiger charge is 2.11. The number of Topliss-reactive ketones (excluding diaryl/α,β-unsaturated/α-hetero) is 1. The summed E-state index contributed by atoms with van der Waals surface area (Å²) in [4.78, 5) is 22.3. The molecule has 0 heterocycles. The summed E-state index contributed by atoms with van der Waals surface area (Å²) in [5.74, 6) is -1.48. The summed E-state index contributed by atoms with van der Waals surface area (Å²) in [6.07, 6.45) is -0.475. The van der Waals surface area contributed by atoms with Crippen LogP contribution in [0.2, 0.25) is 0 Å². The van der Waals surface area contributed by atoms with Crippen LogP contribution in [0, 0.1) is 6.92 Å². The van der Waals surface area contributed by atoms with Gasteiger partial charge in [-0.25, -0.2) is 0 Å². The Balaban J connectivity index is 2.34. The molecular weight excluding hydrogens is 240 g/mol. The fourth-order valence-electron chi connectivity index (χ4n) is 1.94. The second-order valence-electron chi connectivity index (χ2n) is 4.44. The molecule has 19 heavy (non-hydrogen) atoms. The van der Waals surface area contributed by atoms with Crippen LogP contribution in [0.1, 0.15) is 22.3 Å². The molecule has 0 aromatic heterocycles. The molecule has 1 N–H and O–H groups in total. The number of ketones is 1. The van der Waals surface area contributed by atoms with E-state index in [2.05, 4.69) is 0 Å². The highest BCUT2D eigenvalue weighted by molar-refractivity contribution is 6.06. The number of benzene rings is 2. The molecule has 0 aliphatic heterocycles. The van der Waals surface area contributed by atoms with Crippen molar-refractivity contribution in [1.29, 1.82) is 0 Å². The van der Waals surface area contributed by atoms with E-state index in [1.807, 2.05) is 37.3 Å². The van der Waals surface area contributed by atoms with Crippen LogP contribution in [0.5, 0.6) is 0 Å². The van der Waals surface area contributed by atoms with Crippen molar-refractivity contribution in [1.82, 2.24) is 0 Å². The first-order chi connectivity index (χ1) is 9.06. The van der Waals surface area contributed by atoms with Gasteiger partial charge in [-0.3, -0.25) is 9.59 Å². The Labute approximate surface area is 111 Å². The molecule has 0 radical (unpaired) electrons. The van der Waals surface area contributed by atoms with Crippen molar-refractivity contribution in [2.75, 3.05) is 0 Å². The predicted octanol–water partition coefficient (Wildman–Crippen LogP) is 3.32. The molecule has 3 heteroatoms. The van der Waals surface area contributed by atoms with E-state index in [4.69, 9.17) is 5.11 Å². The quantitative estimate of drug-likeness (QED) is 0.672. The van der Waals surface area contributed by atoms with Gasteiger partial charge in [-0.1, -0.05) is 48.0 Å². The lowest BCUT2D eigenvalue weighted by Gasteiger charge is -2.05. The molecule has 0 fully saturated rings. The molecule has 2 aromatic carbocycles. The van der Waals surface area contributed by atoms with Gasteiger partial charge in [0.15, 0.2) is 5.78 Å². The highest BCUT2D eigenvalue weighted by atomic mass is 16.4. The minimum Gasteiger partial charge on any atom is -0.481 e. The Hall–Kier alpha value is -2.42. The standard InChI is InChI=1S/C16H14O3/c1-11-4-2-5-12(8-11)13-6-3-7-14(9-13)15(17)10-16(18)19/h2-9H,10H2,1H3,(H,18,19). The number of rotatable bonds is 4. The number of aryl methyl sites for hydroxylation is 1. The van der Waals surface area contributed by atoms with E-state index in [1.165, 1.54) is 0 Å². The molecule has 0 aliphatic carbocycles. The maximum atomic E-state index is 11.7. The predicted molar refractivity (Wildman–Crippen MR) is 73.2 cm³/mol. The van der Waals surface area contributed by atoms with Crippen molar-refractivity contribution in [3.8, 4) is 11.1 Å². The molecule has 0 bridgehead atoms. The van der Waals surface area contributed by atoms with Crippen molar-refractivity contribution in [3.05, 3.63) is 59.7 Å². The maximum Gasteiger partial charge on any atom is 0.311 e. The summed E-state index contributed by atoms with van der Waals surface area (Å²) in [6, 6.07) is 15.0. The molecule has 2 aromatic rings. The van der Waals surface area contributed by atoms with Crippen LogP contribution in [0.25, 0.3) is 11.1 Å². The molecular formula is C16H14O3. The lowest BCUT2D eigenvalue weighted by molar-refractivity contribution is -0.135. The lowest BCUT2D eigenvalue weighted by atomic mass is 9.99. The Bertz CT molecular complexity index is 629. The molecule has 0 unspecified atom stereocenters. The number of hydrogen-bond acceptors (Lipinski definition) is 2. The second-order valence-corrected chi connectivity index (χ2v) is 4.44. The lowest BCUT2D eigenvalue weighted by Crippen LogP contribution is -2.06. The fraction of sp³-hybridized carbons (Fsp3) is 0.125. The van der Waals surface area contributed by atoms with Gasteiger partial charge in [0, 0.05) is 5.56 Å². The number of aliphatic carboxylic acids is 1. The van der Waals surface area contributed by atoms with Gasteiger partial charge in [-0.15, -0.1) is 0 Å². The van der Waals surface area contributed by atoms with Crippen LogP contribution < -0.4 is 0 Å². The van der Waals surface area contributed by atoms with Gasteiger partial charge < -0.3 is 5.11 Å². The summed E-state index contributed by atoms with van der Waals surface area (Å²) in [7, 11) is 0. The molecule has 0 saturated carbocycles. The van der Waals surface area contributed by atoms with E-state index < -0.39 is 12.4 Å². The second kappa shape index (κ2) is 5.48. The van der Waals surface area contributed by atoms with Gasteiger partial charge in [0.25, 0.3) is 0 Å². The third-order valence-electron chi connectivity index (χ3n) is 2.85. The molecule has 0 atom stereocenters. The minimum atomic E-state index is -1.11. The molecule has 3 nitrogen and oxygen atoms in total. The first-order valence-electron chi connectivity index (χ1n) is 5.98. The van der Waals surface area contributed by atoms with Gasteiger partial charge in [0.05, 0.1) is 0 Å². The third-order valence-corrected chi connectivity index (χ3v) is 2.85. The SMILES string of the molecule is Cc1cccc(-c2cccc(C(=O)CC(=O)O)c2)c1. The number of carboxylic acid groups (broad SMARTS) is 1. The fourth-order valence-corrected chi connectivity index (χ4v) is 1.94. The van der Waals surface area contributed by atoms with E-state index in [-0.39, 0.29) is 5.78 Å². The zero-order chi connectivity index (χ0) is 13.8. The van der Waals surface area contributed by atoms with Gasteiger partial charge in [0.2, 0.25) is 0 Å². The van der Waals surface area contributed by atoms with Crippen molar-refractivity contribution in [3.63, 3.8) is 0 Å². The summed E-state index contributed by atoms with van der Waals surface area (Å²) in [5, 5.41) is 8.65. The smallest absolute Gasteiger partial charge is 0.311 e. The topological polar surface area (TPSA) is 54.4 Å². The largest absolute Gasteiger partial charge is 0.481 e. The van der Waals surface area contributed by atoms with E-state index in [1.54, 1.807) is 18.2 Å². The zero-order valence-corrected chi connectivity index (χ0v) is 10.6. The summed E-state index contributed by atoms with van der Waals surface area (Å²) in [6.45, 7) is 2.00. The van der Waals surface area contributed by atoms with Gasteiger partial charge in [-0.05, 0) is 24.1 Å². The highest BCUT2D eigenvalue weighted by Crippen LogP contribution is 2.22. The Morgan fingerprint density at radius 3 is 2.26 bits per heavy atom. The Morgan fingerprint density at radius 2 is 1.63 bits per heavy atom. The third kappa shape index (κ3) is 3.28. The summed E-state index contributed by atoms with van der Waals surface area (Å²) >= 11 is 0. The van der Waals surface area contributed by atoms with Crippen molar-refractivity contribution in [2.24, 2.45) is 0 Å². The van der Waals surface area contributed by atoms with Crippen molar-refractivity contribution in [2.45, 2.75) is 13.3 Å². The molecule has 0 spiro atoms. The normalized spacial score (nSPS) is 10.2. The van der Waals surface area contributed by atoms with Crippen LogP contribution in [-0.2, 0) is 4.79 Å². The van der Waals surface area contributed by atoms with Crippen LogP contribution in [0.3, 0.4) is 0 Å². The van der Waals surface area contributed by atoms with Crippen LogP contribution in [-0.4, -0.2) is 16.9 Å². The monoisotopic (exact) mass is 254 g/mol. The maximum absolute atomic E-state index is 11.7. The molecule has 96 valence electrons. The first kappa shape index (κ1) is 13.0. The van der Waals surface area contributed by atoms with Gasteiger partial charge in [0.1, 0.15) is 6.42 Å². The first-order valence-corrected chi connectivity index (χ1v) is 5.98. The van der Waals surface area contributed by atoms with Crippen molar-refractivity contribution < 1.29 is 14.7 Å². The molecule has 0 aliphatic rings. The van der Waals surface area contributed by atoms with Gasteiger partial charge >= 0.3 is 5.97 Å². The van der Waals surface area contributed by atoms with Crippen LogP contribution in [0.15, 0.2) is 48.5 Å². The van der Waals surface area contributed by atoms with E-state index in [0.717, 1.165) is 16.7 Å². The Kier molecular flexibility index (Phi) is 3.76. The van der Waals surface area contributed by atoms with Crippen LogP contribution >= 0.6 is 0 Å². The number of carbonyl (C=O) groups excluding carboxylic acids is 1.